The number of benzene rings is 3. The Morgan fingerprint density at radius 3 is 2.35 bits per heavy atom. The van der Waals surface area contributed by atoms with Crippen LogP contribution < -0.4 is 0 Å². The van der Waals surface area contributed by atoms with Gasteiger partial charge in [0.05, 0.1) is 12.8 Å². The fraction of sp³-hybridized carbons (Fsp3) is 0.0870. The summed E-state index contributed by atoms with van der Waals surface area (Å²) in [5, 5.41) is 2.04. The number of nitrogens with zero attached hydrogens (tertiary/aromatic N) is 1. The van der Waals surface area contributed by atoms with Gasteiger partial charge in [-0.3, -0.25) is 4.79 Å². The second-order valence-electron chi connectivity index (χ2n) is 6.25. The highest BCUT2D eigenvalue weighted by Gasteiger charge is 2.19. The van der Waals surface area contributed by atoms with E-state index < -0.39 is 0 Å². The second kappa shape index (κ2) is 7.28. The first kappa shape index (κ1) is 16.2. The number of carbonyl (C=O) groups excluding carboxylic acids is 1. The number of furan rings is 1. The quantitative estimate of drug-likeness (QED) is 0.495. The molecule has 4 rings (SSSR count). The zero-order chi connectivity index (χ0) is 17.8. The van der Waals surface area contributed by atoms with Gasteiger partial charge in [-0.05, 0) is 34.5 Å². The standard InChI is InChI=1S/C23H19NO2/c25-23(22-14-6-11-19-10-4-5-13-21(19)22)24(17-20-12-7-15-26-20)16-18-8-2-1-3-9-18/h1-15H,16-17H2. The van der Waals surface area contributed by atoms with E-state index in [-0.39, 0.29) is 5.91 Å². The highest BCUT2D eigenvalue weighted by molar-refractivity contribution is 6.06. The predicted octanol–water partition coefficient (Wildman–Crippen LogP) is 5.28. The molecule has 3 heteroatoms. The number of hydrogen-bond acceptors (Lipinski definition) is 2. The molecule has 26 heavy (non-hydrogen) atoms. The Bertz CT molecular complexity index is 1000. The molecule has 0 saturated carbocycles. The van der Waals surface area contributed by atoms with Gasteiger partial charge in [-0.15, -0.1) is 0 Å². The summed E-state index contributed by atoms with van der Waals surface area (Å²) in [5.74, 6) is 0.775. The molecular formula is C23H19NO2. The van der Waals surface area contributed by atoms with Crippen LogP contribution in [0, 0.1) is 0 Å². The summed E-state index contributed by atoms with van der Waals surface area (Å²) in [4.78, 5) is 15.2. The van der Waals surface area contributed by atoms with Crippen LogP contribution in [-0.2, 0) is 13.1 Å². The molecule has 1 heterocycles. The molecule has 0 fully saturated rings. The Hall–Kier alpha value is -3.33. The predicted molar refractivity (Wildman–Crippen MR) is 103 cm³/mol. The lowest BCUT2D eigenvalue weighted by Crippen LogP contribution is -2.30. The molecule has 3 nitrogen and oxygen atoms in total. The van der Waals surface area contributed by atoms with Crippen LogP contribution in [0.2, 0.25) is 0 Å². The molecule has 4 aromatic rings. The summed E-state index contributed by atoms with van der Waals surface area (Å²) in [5.41, 5.74) is 1.80. The maximum absolute atomic E-state index is 13.4. The fourth-order valence-corrected chi connectivity index (χ4v) is 3.18. The summed E-state index contributed by atoms with van der Waals surface area (Å²) in [7, 11) is 0. The van der Waals surface area contributed by atoms with Gasteiger partial charge in [-0.1, -0.05) is 66.7 Å². The first-order chi connectivity index (χ1) is 12.8. The maximum atomic E-state index is 13.4. The third-order valence-electron chi connectivity index (χ3n) is 4.45. The lowest BCUT2D eigenvalue weighted by Gasteiger charge is -2.23. The monoisotopic (exact) mass is 341 g/mol. The second-order valence-corrected chi connectivity index (χ2v) is 6.25. The van der Waals surface area contributed by atoms with Crippen LogP contribution in [-0.4, -0.2) is 10.8 Å². The van der Waals surface area contributed by atoms with Gasteiger partial charge in [0.15, 0.2) is 0 Å². The summed E-state index contributed by atoms with van der Waals surface area (Å²) in [6.07, 6.45) is 1.64. The van der Waals surface area contributed by atoms with Crippen LogP contribution in [0.15, 0.2) is 95.6 Å². The molecule has 0 radical (unpaired) electrons. The fourth-order valence-electron chi connectivity index (χ4n) is 3.18. The van der Waals surface area contributed by atoms with Crippen molar-refractivity contribution in [2.24, 2.45) is 0 Å². The van der Waals surface area contributed by atoms with E-state index in [9.17, 15) is 4.79 Å². The Labute approximate surface area is 152 Å². The molecule has 0 spiro atoms. The van der Waals surface area contributed by atoms with E-state index in [1.165, 1.54) is 0 Å². The van der Waals surface area contributed by atoms with Crippen molar-refractivity contribution in [3.05, 3.63) is 108 Å². The third-order valence-corrected chi connectivity index (χ3v) is 4.45. The Morgan fingerprint density at radius 1 is 0.769 bits per heavy atom. The number of amides is 1. The average Bonchev–Trinajstić information content (AvgIpc) is 3.20. The van der Waals surface area contributed by atoms with Crippen molar-refractivity contribution in [3.63, 3.8) is 0 Å². The molecule has 0 aliphatic carbocycles. The van der Waals surface area contributed by atoms with E-state index in [0.29, 0.717) is 18.7 Å². The van der Waals surface area contributed by atoms with Gasteiger partial charge in [0, 0.05) is 12.1 Å². The van der Waals surface area contributed by atoms with Crippen molar-refractivity contribution in [3.8, 4) is 0 Å². The van der Waals surface area contributed by atoms with Crippen LogP contribution in [0.5, 0.6) is 0 Å². The normalized spacial score (nSPS) is 10.8. The Kier molecular flexibility index (Phi) is 4.52. The van der Waals surface area contributed by atoms with E-state index in [2.05, 4.69) is 0 Å². The molecule has 3 aromatic carbocycles. The van der Waals surface area contributed by atoms with Crippen molar-refractivity contribution >= 4 is 16.7 Å². The SMILES string of the molecule is O=C(c1cccc2ccccc12)N(Cc1ccccc1)Cc1ccco1. The summed E-state index contributed by atoms with van der Waals surface area (Å²) in [6.45, 7) is 0.966. The van der Waals surface area contributed by atoms with E-state index in [1.807, 2.05) is 89.8 Å². The minimum absolute atomic E-state index is 0.00190. The highest BCUT2D eigenvalue weighted by atomic mass is 16.3. The highest BCUT2D eigenvalue weighted by Crippen LogP contribution is 2.22. The van der Waals surface area contributed by atoms with Gasteiger partial charge in [-0.25, -0.2) is 0 Å². The Morgan fingerprint density at radius 2 is 1.54 bits per heavy atom. The maximum Gasteiger partial charge on any atom is 0.255 e. The number of hydrogen-bond donors (Lipinski definition) is 0. The molecular weight excluding hydrogens is 322 g/mol. The van der Waals surface area contributed by atoms with Gasteiger partial charge in [-0.2, -0.15) is 0 Å². The van der Waals surface area contributed by atoms with Crippen LogP contribution in [0.25, 0.3) is 10.8 Å². The van der Waals surface area contributed by atoms with Gasteiger partial charge in [0.1, 0.15) is 5.76 Å². The van der Waals surface area contributed by atoms with Crippen molar-refractivity contribution in [2.75, 3.05) is 0 Å². The van der Waals surface area contributed by atoms with E-state index in [1.54, 1.807) is 6.26 Å². The van der Waals surface area contributed by atoms with Crippen molar-refractivity contribution in [1.82, 2.24) is 4.90 Å². The summed E-state index contributed by atoms with van der Waals surface area (Å²) in [6, 6.07) is 27.6. The van der Waals surface area contributed by atoms with Gasteiger partial charge in [0.2, 0.25) is 0 Å². The van der Waals surface area contributed by atoms with Crippen LogP contribution in [0.1, 0.15) is 21.7 Å². The summed E-state index contributed by atoms with van der Waals surface area (Å²) >= 11 is 0. The lowest BCUT2D eigenvalue weighted by atomic mass is 10.0. The third kappa shape index (κ3) is 3.38. The number of rotatable bonds is 5. The molecule has 0 aliphatic rings. The van der Waals surface area contributed by atoms with Gasteiger partial charge >= 0.3 is 0 Å². The largest absolute Gasteiger partial charge is 0.467 e. The number of fused-ring (bicyclic) bond motifs is 1. The molecule has 0 N–H and O–H groups in total. The van der Waals surface area contributed by atoms with Crippen molar-refractivity contribution in [1.29, 1.82) is 0 Å². The molecule has 0 unspecified atom stereocenters. The molecule has 0 aliphatic heterocycles. The average molecular weight is 341 g/mol. The van der Waals surface area contributed by atoms with E-state index in [0.717, 1.165) is 22.1 Å². The minimum Gasteiger partial charge on any atom is -0.467 e. The molecule has 0 saturated heterocycles. The van der Waals surface area contributed by atoms with Crippen LogP contribution in [0.4, 0.5) is 0 Å². The molecule has 128 valence electrons. The van der Waals surface area contributed by atoms with Crippen molar-refractivity contribution < 1.29 is 9.21 Å². The number of carbonyl (C=O) groups is 1. The van der Waals surface area contributed by atoms with Gasteiger partial charge in [0.25, 0.3) is 5.91 Å². The van der Waals surface area contributed by atoms with Crippen molar-refractivity contribution in [2.45, 2.75) is 13.1 Å². The summed E-state index contributed by atoms with van der Waals surface area (Å²) < 4.78 is 5.48. The smallest absolute Gasteiger partial charge is 0.255 e. The van der Waals surface area contributed by atoms with Gasteiger partial charge < -0.3 is 9.32 Å². The first-order valence-corrected chi connectivity index (χ1v) is 8.64. The molecule has 0 atom stereocenters. The van der Waals surface area contributed by atoms with E-state index in [4.69, 9.17) is 4.42 Å². The molecule has 0 bridgehead atoms. The lowest BCUT2D eigenvalue weighted by molar-refractivity contribution is 0.0719. The van der Waals surface area contributed by atoms with E-state index >= 15 is 0 Å². The zero-order valence-electron chi connectivity index (χ0n) is 14.3. The molecule has 1 amide bonds. The topological polar surface area (TPSA) is 33.5 Å². The molecule has 1 aromatic heterocycles. The zero-order valence-corrected chi connectivity index (χ0v) is 14.3. The first-order valence-electron chi connectivity index (χ1n) is 8.64. The van der Waals surface area contributed by atoms with Crippen LogP contribution in [0.3, 0.4) is 0 Å². The van der Waals surface area contributed by atoms with Crippen LogP contribution >= 0.6 is 0 Å². The minimum atomic E-state index is 0.00190. The Balaban J connectivity index is 1.71.